The molecular weight excluding hydrogens is 416 g/mol. The molecule has 2 unspecified atom stereocenters. The highest BCUT2D eigenvalue weighted by atomic mass is 32.2. The molecule has 7 nitrogen and oxygen atoms in total. The van der Waals surface area contributed by atoms with E-state index in [0.29, 0.717) is 30.1 Å². The lowest BCUT2D eigenvalue weighted by Crippen LogP contribution is -2.48. The third-order valence-corrected chi connectivity index (χ3v) is 6.80. The molecule has 3 rings (SSSR count). The van der Waals surface area contributed by atoms with Crippen LogP contribution in [0.1, 0.15) is 24.2 Å². The fourth-order valence-corrected chi connectivity index (χ4v) is 5.21. The molecule has 0 saturated carbocycles. The molecule has 0 N–H and O–H groups in total. The van der Waals surface area contributed by atoms with Crippen molar-refractivity contribution in [2.75, 3.05) is 31.0 Å². The molecule has 166 valence electrons. The van der Waals surface area contributed by atoms with Crippen molar-refractivity contribution in [3.63, 3.8) is 0 Å². The summed E-state index contributed by atoms with van der Waals surface area (Å²) in [6, 6.07) is 13.0. The number of amides is 1. The van der Waals surface area contributed by atoms with Crippen molar-refractivity contribution in [1.82, 2.24) is 4.90 Å². The van der Waals surface area contributed by atoms with Crippen LogP contribution < -0.4 is 9.04 Å². The fraction of sp³-hybridized carbons (Fsp3) is 0.348. The highest BCUT2D eigenvalue weighted by Crippen LogP contribution is 2.32. The van der Waals surface area contributed by atoms with Crippen LogP contribution in [-0.4, -0.2) is 58.2 Å². The minimum absolute atomic E-state index is 0.0282. The standard InChI is InChI=1S/C23H28N2O5S/c1-5-13-25(21-11-6-7-12-22(21)29-4)31(27,28)20-10-8-9-19(14-20)23(26)24-15-17(2)30-18(3)16-24/h5-12,14,17-18H,1,13,15-16H2,2-4H3. The normalized spacial score (nSPS) is 19.0. The number of nitrogens with zero attached hydrogens (tertiary/aromatic N) is 2. The van der Waals surface area contributed by atoms with E-state index >= 15 is 0 Å². The van der Waals surface area contributed by atoms with Gasteiger partial charge < -0.3 is 14.4 Å². The first-order chi connectivity index (χ1) is 14.8. The summed E-state index contributed by atoms with van der Waals surface area (Å²) in [6.45, 7) is 8.50. The predicted octanol–water partition coefficient (Wildman–Crippen LogP) is 3.33. The Hall–Kier alpha value is -2.84. The van der Waals surface area contributed by atoms with E-state index < -0.39 is 10.0 Å². The van der Waals surface area contributed by atoms with Crippen molar-refractivity contribution in [3.8, 4) is 5.75 Å². The Morgan fingerprint density at radius 3 is 2.52 bits per heavy atom. The molecule has 31 heavy (non-hydrogen) atoms. The fourth-order valence-electron chi connectivity index (χ4n) is 3.72. The maximum Gasteiger partial charge on any atom is 0.264 e. The molecule has 0 bridgehead atoms. The number of hydrogen-bond donors (Lipinski definition) is 0. The number of anilines is 1. The van der Waals surface area contributed by atoms with Gasteiger partial charge in [-0.25, -0.2) is 8.42 Å². The zero-order chi connectivity index (χ0) is 22.6. The Morgan fingerprint density at radius 1 is 1.19 bits per heavy atom. The smallest absolute Gasteiger partial charge is 0.264 e. The number of morpholine rings is 1. The van der Waals surface area contributed by atoms with Gasteiger partial charge >= 0.3 is 0 Å². The highest BCUT2D eigenvalue weighted by molar-refractivity contribution is 7.92. The third-order valence-electron chi connectivity index (χ3n) is 5.02. The number of para-hydroxylation sites is 2. The van der Waals surface area contributed by atoms with Gasteiger partial charge in [0, 0.05) is 18.7 Å². The van der Waals surface area contributed by atoms with Gasteiger partial charge in [0.2, 0.25) is 0 Å². The van der Waals surface area contributed by atoms with Crippen molar-refractivity contribution in [2.24, 2.45) is 0 Å². The molecule has 0 radical (unpaired) electrons. The minimum atomic E-state index is -3.97. The summed E-state index contributed by atoms with van der Waals surface area (Å²) in [4.78, 5) is 14.8. The van der Waals surface area contributed by atoms with E-state index in [1.807, 2.05) is 13.8 Å². The Balaban J connectivity index is 1.97. The number of hydrogen-bond acceptors (Lipinski definition) is 5. The van der Waals surface area contributed by atoms with Gasteiger partial charge in [-0.2, -0.15) is 0 Å². The monoisotopic (exact) mass is 444 g/mol. The average molecular weight is 445 g/mol. The van der Waals surface area contributed by atoms with Crippen LogP contribution in [0.2, 0.25) is 0 Å². The molecule has 1 aliphatic heterocycles. The van der Waals surface area contributed by atoms with Crippen LogP contribution >= 0.6 is 0 Å². The molecule has 2 aromatic rings. The molecule has 1 amide bonds. The first-order valence-corrected chi connectivity index (χ1v) is 11.5. The molecule has 2 aromatic carbocycles. The Labute approximate surface area is 183 Å². The van der Waals surface area contributed by atoms with E-state index in [1.54, 1.807) is 41.3 Å². The van der Waals surface area contributed by atoms with E-state index in [9.17, 15) is 13.2 Å². The SMILES string of the molecule is C=CCN(c1ccccc1OC)S(=O)(=O)c1cccc(C(=O)N2CC(C)OC(C)C2)c1. The van der Waals surface area contributed by atoms with Crippen molar-refractivity contribution in [3.05, 3.63) is 66.7 Å². The van der Waals surface area contributed by atoms with Gasteiger partial charge in [-0.3, -0.25) is 9.10 Å². The van der Waals surface area contributed by atoms with Crippen LogP contribution in [-0.2, 0) is 14.8 Å². The highest BCUT2D eigenvalue weighted by Gasteiger charge is 2.29. The van der Waals surface area contributed by atoms with Gasteiger partial charge in [-0.15, -0.1) is 6.58 Å². The van der Waals surface area contributed by atoms with E-state index in [1.165, 1.54) is 29.6 Å². The van der Waals surface area contributed by atoms with Gasteiger partial charge in [0.1, 0.15) is 5.75 Å². The molecule has 1 fully saturated rings. The maximum atomic E-state index is 13.5. The Morgan fingerprint density at radius 2 is 1.87 bits per heavy atom. The quantitative estimate of drug-likeness (QED) is 0.613. The first kappa shape index (κ1) is 22.8. The van der Waals surface area contributed by atoms with Gasteiger partial charge in [0.05, 0.1) is 36.4 Å². The molecular formula is C23H28N2O5S. The van der Waals surface area contributed by atoms with Gasteiger partial charge in [-0.05, 0) is 44.2 Å². The lowest BCUT2D eigenvalue weighted by Gasteiger charge is -2.35. The average Bonchev–Trinajstić information content (AvgIpc) is 2.76. The molecule has 0 aliphatic carbocycles. The van der Waals surface area contributed by atoms with Crippen molar-refractivity contribution >= 4 is 21.6 Å². The van der Waals surface area contributed by atoms with Gasteiger partial charge in [0.15, 0.2) is 0 Å². The lowest BCUT2D eigenvalue weighted by molar-refractivity contribution is -0.0586. The van der Waals surface area contributed by atoms with Crippen LogP contribution in [0.3, 0.4) is 0 Å². The first-order valence-electron chi connectivity index (χ1n) is 10.1. The topological polar surface area (TPSA) is 76.2 Å². The zero-order valence-electron chi connectivity index (χ0n) is 18.0. The van der Waals surface area contributed by atoms with Crippen LogP contribution in [0.5, 0.6) is 5.75 Å². The molecule has 1 heterocycles. The minimum Gasteiger partial charge on any atom is -0.495 e. The number of carbonyl (C=O) groups is 1. The molecule has 2 atom stereocenters. The number of benzene rings is 2. The Bertz CT molecular complexity index is 1040. The van der Waals surface area contributed by atoms with E-state index in [-0.39, 0.29) is 29.6 Å². The summed E-state index contributed by atoms with van der Waals surface area (Å²) < 4.78 is 39.3. The number of sulfonamides is 1. The van der Waals surface area contributed by atoms with Gasteiger partial charge in [-0.1, -0.05) is 24.3 Å². The second kappa shape index (κ2) is 9.53. The van der Waals surface area contributed by atoms with Gasteiger partial charge in [0.25, 0.3) is 15.9 Å². The second-order valence-corrected chi connectivity index (χ2v) is 9.35. The maximum absolute atomic E-state index is 13.5. The van der Waals surface area contributed by atoms with Crippen LogP contribution in [0, 0.1) is 0 Å². The number of carbonyl (C=O) groups excluding carboxylic acids is 1. The number of methoxy groups -OCH3 is 1. The predicted molar refractivity (Wildman–Crippen MR) is 120 cm³/mol. The van der Waals surface area contributed by atoms with Crippen molar-refractivity contribution in [1.29, 1.82) is 0 Å². The summed E-state index contributed by atoms with van der Waals surface area (Å²) in [5.41, 5.74) is 0.721. The molecule has 0 spiro atoms. The third kappa shape index (κ3) is 4.91. The Kier molecular flexibility index (Phi) is 7.02. The van der Waals surface area contributed by atoms with Crippen LogP contribution in [0.4, 0.5) is 5.69 Å². The zero-order valence-corrected chi connectivity index (χ0v) is 18.8. The molecule has 0 aromatic heterocycles. The number of ether oxygens (including phenoxy) is 2. The van der Waals surface area contributed by atoms with Crippen LogP contribution in [0.25, 0.3) is 0 Å². The van der Waals surface area contributed by atoms with E-state index in [4.69, 9.17) is 9.47 Å². The van der Waals surface area contributed by atoms with E-state index in [2.05, 4.69) is 6.58 Å². The number of rotatable bonds is 7. The lowest BCUT2D eigenvalue weighted by atomic mass is 10.1. The largest absolute Gasteiger partial charge is 0.495 e. The summed E-state index contributed by atoms with van der Waals surface area (Å²) in [5.74, 6) is 0.211. The summed E-state index contributed by atoms with van der Waals surface area (Å²) in [5, 5.41) is 0. The summed E-state index contributed by atoms with van der Waals surface area (Å²) in [7, 11) is -2.48. The second-order valence-electron chi connectivity index (χ2n) is 7.49. The van der Waals surface area contributed by atoms with Crippen LogP contribution in [0.15, 0.2) is 66.1 Å². The van der Waals surface area contributed by atoms with Crippen molar-refractivity contribution in [2.45, 2.75) is 31.0 Å². The van der Waals surface area contributed by atoms with E-state index in [0.717, 1.165) is 0 Å². The summed E-state index contributed by atoms with van der Waals surface area (Å²) >= 11 is 0. The molecule has 1 saturated heterocycles. The molecule has 1 aliphatic rings. The van der Waals surface area contributed by atoms with Crippen molar-refractivity contribution < 1.29 is 22.7 Å². The summed E-state index contributed by atoms with van der Waals surface area (Å²) in [6.07, 6.45) is 1.36. The molecule has 8 heteroatoms.